The van der Waals surface area contributed by atoms with Gasteiger partial charge in [0.05, 0.1) is 18.2 Å². The molecule has 2 aromatic carbocycles. The molecule has 6 heteroatoms. The molecule has 1 N–H and O–H groups in total. The molecule has 2 saturated heterocycles. The summed E-state index contributed by atoms with van der Waals surface area (Å²) in [5.74, 6) is -0.609. The lowest BCUT2D eigenvalue weighted by atomic mass is 9.95. The van der Waals surface area contributed by atoms with Gasteiger partial charge in [-0.05, 0) is 50.6 Å². The molecule has 0 spiro atoms. The number of amides is 1. The van der Waals surface area contributed by atoms with Gasteiger partial charge >= 0.3 is 0 Å². The number of ketones is 1. The molecule has 1 unspecified atom stereocenters. The molecule has 2 aliphatic heterocycles. The molecule has 0 radical (unpaired) electrons. The quantitative estimate of drug-likeness (QED) is 0.421. The van der Waals surface area contributed by atoms with E-state index >= 15 is 0 Å². The number of rotatable bonds is 7. The van der Waals surface area contributed by atoms with Crippen LogP contribution in [0.5, 0.6) is 5.75 Å². The van der Waals surface area contributed by atoms with Crippen LogP contribution in [0.15, 0.2) is 60.2 Å². The Morgan fingerprint density at radius 3 is 2.32 bits per heavy atom. The predicted molar refractivity (Wildman–Crippen MR) is 119 cm³/mol. The van der Waals surface area contributed by atoms with Crippen molar-refractivity contribution in [1.82, 2.24) is 9.80 Å². The normalized spacial score (nSPS) is 21.1. The van der Waals surface area contributed by atoms with Crippen LogP contribution in [0.3, 0.4) is 0 Å². The highest BCUT2D eigenvalue weighted by atomic mass is 16.5. The number of Topliss-reactive ketones (excluding diaryl/α,β-unsaturated/α-hetero) is 1. The number of likely N-dealkylation sites (tertiary alicyclic amines) is 2. The molecule has 0 saturated carbocycles. The molecular weight excluding hydrogens is 392 g/mol. The maximum Gasteiger partial charge on any atom is 0.295 e. The van der Waals surface area contributed by atoms with Gasteiger partial charge in [-0.2, -0.15) is 0 Å². The fraction of sp³-hybridized carbons (Fsp3) is 0.360. The van der Waals surface area contributed by atoms with Gasteiger partial charge in [0, 0.05) is 18.7 Å². The molecular formula is C25H28N2O4. The van der Waals surface area contributed by atoms with Gasteiger partial charge in [-0.25, -0.2) is 0 Å². The number of nitrogens with zero attached hydrogens (tertiary/aromatic N) is 2. The van der Waals surface area contributed by atoms with Crippen LogP contribution in [-0.2, 0) is 9.59 Å². The number of carbonyl (C=O) groups is 2. The average molecular weight is 421 g/mol. The Bertz CT molecular complexity index is 963. The van der Waals surface area contributed by atoms with E-state index in [2.05, 4.69) is 4.90 Å². The molecule has 2 aromatic rings. The smallest absolute Gasteiger partial charge is 0.295 e. The van der Waals surface area contributed by atoms with Gasteiger partial charge in [0.25, 0.3) is 11.7 Å². The van der Waals surface area contributed by atoms with E-state index in [1.54, 1.807) is 29.2 Å². The van der Waals surface area contributed by atoms with E-state index in [0.29, 0.717) is 25.3 Å². The summed E-state index contributed by atoms with van der Waals surface area (Å²) in [5.41, 5.74) is 1.44. The number of hydrogen-bond donors (Lipinski definition) is 1. The number of hydrogen-bond acceptors (Lipinski definition) is 5. The van der Waals surface area contributed by atoms with Crippen LogP contribution in [0.4, 0.5) is 0 Å². The van der Waals surface area contributed by atoms with Crippen molar-refractivity contribution in [1.29, 1.82) is 0 Å². The lowest BCUT2D eigenvalue weighted by Gasteiger charge is -2.27. The van der Waals surface area contributed by atoms with Crippen molar-refractivity contribution in [3.05, 3.63) is 71.3 Å². The first-order valence-electron chi connectivity index (χ1n) is 10.9. The van der Waals surface area contributed by atoms with Gasteiger partial charge < -0.3 is 19.6 Å². The minimum atomic E-state index is -0.637. The van der Waals surface area contributed by atoms with Crippen molar-refractivity contribution in [2.24, 2.45) is 0 Å². The predicted octanol–water partition coefficient (Wildman–Crippen LogP) is 3.60. The van der Waals surface area contributed by atoms with Crippen LogP contribution in [0.2, 0.25) is 0 Å². The summed E-state index contributed by atoms with van der Waals surface area (Å²) in [7, 11) is 0. The van der Waals surface area contributed by atoms with Crippen LogP contribution >= 0.6 is 0 Å². The minimum Gasteiger partial charge on any atom is -0.507 e. The molecule has 2 fully saturated rings. The molecule has 0 bridgehead atoms. The first-order chi connectivity index (χ1) is 15.1. The largest absolute Gasteiger partial charge is 0.507 e. The monoisotopic (exact) mass is 420 g/mol. The molecule has 1 amide bonds. The Morgan fingerprint density at radius 2 is 1.68 bits per heavy atom. The van der Waals surface area contributed by atoms with E-state index in [1.165, 1.54) is 0 Å². The summed E-state index contributed by atoms with van der Waals surface area (Å²) >= 11 is 0. The van der Waals surface area contributed by atoms with E-state index in [0.717, 1.165) is 37.2 Å². The molecule has 2 heterocycles. The highest BCUT2D eigenvalue weighted by Gasteiger charge is 2.46. The van der Waals surface area contributed by atoms with Crippen molar-refractivity contribution in [2.45, 2.75) is 25.8 Å². The molecule has 4 rings (SSSR count). The second-order valence-corrected chi connectivity index (χ2v) is 7.91. The number of carbonyl (C=O) groups excluding carboxylic acids is 2. The van der Waals surface area contributed by atoms with Gasteiger partial charge in [0.1, 0.15) is 11.5 Å². The van der Waals surface area contributed by atoms with E-state index < -0.39 is 17.7 Å². The minimum absolute atomic E-state index is 0.137. The Morgan fingerprint density at radius 1 is 1.00 bits per heavy atom. The average Bonchev–Trinajstić information content (AvgIpc) is 3.40. The van der Waals surface area contributed by atoms with Crippen molar-refractivity contribution in [2.75, 3.05) is 32.8 Å². The van der Waals surface area contributed by atoms with Crippen LogP contribution < -0.4 is 4.74 Å². The van der Waals surface area contributed by atoms with Crippen LogP contribution in [-0.4, -0.2) is 59.4 Å². The van der Waals surface area contributed by atoms with Crippen molar-refractivity contribution in [3.8, 4) is 5.75 Å². The van der Waals surface area contributed by atoms with E-state index in [4.69, 9.17) is 4.74 Å². The zero-order valence-electron chi connectivity index (χ0n) is 17.8. The second-order valence-electron chi connectivity index (χ2n) is 7.91. The summed E-state index contributed by atoms with van der Waals surface area (Å²) in [6, 6.07) is 15.7. The molecule has 1 atom stereocenters. The number of aliphatic hydroxyl groups excluding tert-OH is 1. The Labute approximate surface area is 182 Å². The van der Waals surface area contributed by atoms with Crippen molar-refractivity contribution in [3.63, 3.8) is 0 Å². The van der Waals surface area contributed by atoms with E-state index in [1.807, 2.05) is 37.3 Å². The van der Waals surface area contributed by atoms with Crippen LogP contribution in [0.25, 0.3) is 5.76 Å². The maximum absolute atomic E-state index is 13.0. The fourth-order valence-corrected chi connectivity index (χ4v) is 4.38. The Hall–Kier alpha value is -3.12. The summed E-state index contributed by atoms with van der Waals surface area (Å²) < 4.78 is 5.54. The first kappa shape index (κ1) is 21.1. The van der Waals surface area contributed by atoms with Crippen LogP contribution in [0, 0.1) is 0 Å². The lowest BCUT2D eigenvalue weighted by molar-refractivity contribution is -0.140. The molecule has 0 aromatic heterocycles. The number of aliphatic hydroxyl groups is 1. The Balaban J connectivity index is 1.73. The molecule has 0 aliphatic carbocycles. The third-order valence-electron chi connectivity index (χ3n) is 5.95. The maximum atomic E-state index is 13.0. The SMILES string of the molecule is CCOc1ccc(C2/C(=C(\O)c3ccccc3)C(=O)C(=O)N2CCN2CCCC2)cc1. The Kier molecular flexibility index (Phi) is 6.37. The highest BCUT2D eigenvalue weighted by molar-refractivity contribution is 6.46. The molecule has 162 valence electrons. The zero-order chi connectivity index (χ0) is 21.8. The third-order valence-corrected chi connectivity index (χ3v) is 5.95. The molecule has 31 heavy (non-hydrogen) atoms. The van der Waals surface area contributed by atoms with Gasteiger partial charge in [-0.1, -0.05) is 42.5 Å². The van der Waals surface area contributed by atoms with Crippen molar-refractivity contribution >= 4 is 17.4 Å². The summed E-state index contributed by atoms with van der Waals surface area (Å²) in [5, 5.41) is 11.0. The summed E-state index contributed by atoms with van der Waals surface area (Å²) in [6.07, 6.45) is 2.32. The highest BCUT2D eigenvalue weighted by Crippen LogP contribution is 2.39. The van der Waals surface area contributed by atoms with E-state index in [9.17, 15) is 14.7 Å². The molecule has 2 aliphatic rings. The van der Waals surface area contributed by atoms with Gasteiger partial charge in [0.2, 0.25) is 0 Å². The van der Waals surface area contributed by atoms with Crippen molar-refractivity contribution < 1.29 is 19.4 Å². The number of ether oxygens (including phenoxy) is 1. The van der Waals surface area contributed by atoms with Crippen LogP contribution in [0.1, 0.15) is 36.9 Å². The first-order valence-corrected chi connectivity index (χ1v) is 10.9. The van der Waals surface area contributed by atoms with Gasteiger partial charge in [0.15, 0.2) is 0 Å². The lowest BCUT2D eigenvalue weighted by Crippen LogP contribution is -2.37. The van der Waals surface area contributed by atoms with Gasteiger partial charge in [-0.15, -0.1) is 0 Å². The topological polar surface area (TPSA) is 70.1 Å². The number of benzene rings is 2. The standard InChI is InChI=1S/C25H28N2O4/c1-2-31-20-12-10-18(11-13-20)22-21(23(28)19-8-4-3-5-9-19)24(29)25(30)27(22)17-16-26-14-6-7-15-26/h3-5,8-13,22,28H,2,6-7,14-17H2,1H3/b23-21+. The third kappa shape index (κ3) is 4.35. The van der Waals surface area contributed by atoms with E-state index in [-0.39, 0.29) is 11.3 Å². The summed E-state index contributed by atoms with van der Waals surface area (Å²) in [6.45, 7) is 5.66. The second kappa shape index (κ2) is 9.35. The summed E-state index contributed by atoms with van der Waals surface area (Å²) in [4.78, 5) is 29.9. The molecule has 6 nitrogen and oxygen atoms in total. The van der Waals surface area contributed by atoms with Gasteiger partial charge in [-0.3, -0.25) is 9.59 Å². The zero-order valence-corrected chi connectivity index (χ0v) is 17.8. The fourth-order valence-electron chi connectivity index (χ4n) is 4.38.